The average Bonchev–Trinajstić information content (AvgIpc) is 2.41. The van der Waals surface area contributed by atoms with Crippen LogP contribution < -0.4 is 4.74 Å². The molecule has 0 spiro atoms. The number of benzene rings is 2. The zero-order chi connectivity index (χ0) is 13.7. The zero-order valence-electron chi connectivity index (χ0n) is 10.8. The number of hydrogen-bond acceptors (Lipinski definition) is 2. The fourth-order valence-corrected chi connectivity index (χ4v) is 1.87. The second-order valence-electron chi connectivity index (χ2n) is 4.37. The van der Waals surface area contributed by atoms with Crippen LogP contribution in [0.25, 0.3) is 0 Å². The summed E-state index contributed by atoms with van der Waals surface area (Å²) >= 11 is 0. The van der Waals surface area contributed by atoms with Crippen molar-refractivity contribution in [2.24, 2.45) is 0 Å². The van der Waals surface area contributed by atoms with Crippen molar-refractivity contribution in [3.05, 3.63) is 65.2 Å². The third kappa shape index (κ3) is 3.58. The summed E-state index contributed by atoms with van der Waals surface area (Å²) in [5.41, 5.74) is 2.35. The molecule has 2 aromatic rings. The first-order chi connectivity index (χ1) is 9.16. The first-order valence-electron chi connectivity index (χ1n) is 6.17. The summed E-state index contributed by atoms with van der Waals surface area (Å²) in [6.07, 6.45) is 0.834. The van der Waals surface area contributed by atoms with Crippen LogP contribution in [-0.2, 0) is 6.42 Å². The lowest BCUT2D eigenvalue weighted by Gasteiger charge is -2.09. The van der Waals surface area contributed by atoms with Crippen LogP contribution in [0.5, 0.6) is 5.75 Å². The third-order valence-electron chi connectivity index (χ3n) is 2.91. The molecule has 0 heterocycles. The highest BCUT2D eigenvalue weighted by Crippen LogP contribution is 2.19. The summed E-state index contributed by atoms with van der Waals surface area (Å²) < 4.78 is 5.68. The Hall–Kier alpha value is -2.29. The normalized spacial score (nSPS) is 10.2. The minimum Gasteiger partial charge on any atom is -0.493 e. The smallest absolute Gasteiger partial charge is 0.335 e. The molecule has 0 saturated carbocycles. The van der Waals surface area contributed by atoms with E-state index in [1.54, 1.807) is 18.2 Å². The molecule has 0 bridgehead atoms. The number of carboxylic acid groups (broad SMARTS) is 1. The van der Waals surface area contributed by atoms with Crippen LogP contribution in [-0.4, -0.2) is 17.7 Å². The van der Waals surface area contributed by atoms with Gasteiger partial charge in [-0.25, -0.2) is 4.79 Å². The number of aromatic carboxylic acids is 1. The molecule has 0 unspecified atom stereocenters. The molecule has 0 aliphatic heterocycles. The van der Waals surface area contributed by atoms with Crippen molar-refractivity contribution in [1.29, 1.82) is 0 Å². The Bertz CT molecular complexity index is 561. The van der Waals surface area contributed by atoms with Crippen molar-refractivity contribution in [2.45, 2.75) is 13.3 Å². The second-order valence-corrected chi connectivity index (χ2v) is 4.37. The van der Waals surface area contributed by atoms with Crippen molar-refractivity contribution >= 4 is 5.97 Å². The minimum atomic E-state index is -0.918. The largest absolute Gasteiger partial charge is 0.493 e. The molecule has 2 rings (SSSR count). The monoisotopic (exact) mass is 256 g/mol. The van der Waals surface area contributed by atoms with Crippen LogP contribution in [0, 0.1) is 6.92 Å². The molecule has 0 amide bonds. The number of rotatable bonds is 5. The summed E-state index contributed by atoms with van der Waals surface area (Å²) in [7, 11) is 0. The van der Waals surface area contributed by atoms with Gasteiger partial charge in [0.15, 0.2) is 0 Å². The number of carbonyl (C=O) groups is 1. The topological polar surface area (TPSA) is 46.5 Å². The molecule has 0 atom stereocenters. The molecule has 98 valence electrons. The molecular formula is C16H16O3. The SMILES string of the molecule is Cc1cc(C(=O)O)ccc1OCCc1ccccc1. The van der Waals surface area contributed by atoms with Gasteiger partial charge >= 0.3 is 5.97 Å². The second kappa shape index (κ2) is 6.05. The molecule has 0 radical (unpaired) electrons. The Kier molecular flexibility index (Phi) is 4.18. The highest BCUT2D eigenvalue weighted by molar-refractivity contribution is 5.88. The van der Waals surface area contributed by atoms with Crippen LogP contribution in [0.4, 0.5) is 0 Å². The van der Waals surface area contributed by atoms with Gasteiger partial charge < -0.3 is 9.84 Å². The molecular weight excluding hydrogens is 240 g/mol. The Balaban J connectivity index is 1.95. The Morgan fingerprint density at radius 2 is 1.89 bits per heavy atom. The molecule has 2 aromatic carbocycles. The van der Waals surface area contributed by atoms with Crippen molar-refractivity contribution in [2.75, 3.05) is 6.61 Å². The van der Waals surface area contributed by atoms with Crippen LogP contribution in [0.3, 0.4) is 0 Å². The quantitative estimate of drug-likeness (QED) is 0.892. The van der Waals surface area contributed by atoms with Crippen LogP contribution in [0.2, 0.25) is 0 Å². The van der Waals surface area contributed by atoms with E-state index in [4.69, 9.17) is 9.84 Å². The average molecular weight is 256 g/mol. The van der Waals surface area contributed by atoms with Gasteiger partial charge in [-0.05, 0) is 36.2 Å². The lowest BCUT2D eigenvalue weighted by Crippen LogP contribution is -2.03. The molecule has 0 saturated heterocycles. The van der Waals surface area contributed by atoms with E-state index in [0.717, 1.165) is 17.7 Å². The molecule has 0 aliphatic rings. The van der Waals surface area contributed by atoms with E-state index >= 15 is 0 Å². The Morgan fingerprint density at radius 3 is 2.53 bits per heavy atom. The highest BCUT2D eigenvalue weighted by Gasteiger charge is 2.06. The van der Waals surface area contributed by atoms with E-state index in [9.17, 15) is 4.79 Å². The maximum atomic E-state index is 10.8. The van der Waals surface area contributed by atoms with E-state index in [2.05, 4.69) is 12.1 Å². The van der Waals surface area contributed by atoms with Gasteiger partial charge in [-0.15, -0.1) is 0 Å². The summed E-state index contributed by atoms with van der Waals surface area (Å²) in [5, 5.41) is 8.88. The van der Waals surface area contributed by atoms with Gasteiger partial charge in [-0.2, -0.15) is 0 Å². The molecule has 1 N–H and O–H groups in total. The summed E-state index contributed by atoms with van der Waals surface area (Å²) in [4.78, 5) is 10.8. The Labute approximate surface area is 112 Å². The van der Waals surface area contributed by atoms with Crippen LogP contribution >= 0.6 is 0 Å². The van der Waals surface area contributed by atoms with E-state index in [1.165, 1.54) is 5.56 Å². The minimum absolute atomic E-state index is 0.285. The lowest BCUT2D eigenvalue weighted by atomic mass is 10.1. The molecule has 0 aliphatic carbocycles. The first kappa shape index (κ1) is 13.1. The van der Waals surface area contributed by atoms with Gasteiger partial charge in [0.2, 0.25) is 0 Å². The van der Waals surface area contributed by atoms with Gasteiger partial charge in [0.1, 0.15) is 5.75 Å². The zero-order valence-corrected chi connectivity index (χ0v) is 10.8. The lowest BCUT2D eigenvalue weighted by molar-refractivity contribution is 0.0696. The standard InChI is InChI=1S/C16H16O3/c1-12-11-14(16(17)18)7-8-15(12)19-10-9-13-5-3-2-4-6-13/h2-8,11H,9-10H2,1H3,(H,17,18). The molecule has 0 aromatic heterocycles. The van der Waals surface area contributed by atoms with Crippen molar-refractivity contribution in [3.8, 4) is 5.75 Å². The van der Waals surface area contributed by atoms with Crippen molar-refractivity contribution in [3.63, 3.8) is 0 Å². The predicted octanol–water partition coefficient (Wildman–Crippen LogP) is 3.31. The summed E-state index contributed by atoms with van der Waals surface area (Å²) in [5.74, 6) is -0.181. The van der Waals surface area contributed by atoms with Gasteiger partial charge in [-0.1, -0.05) is 30.3 Å². The number of aryl methyl sites for hydroxylation is 1. The highest BCUT2D eigenvalue weighted by atomic mass is 16.5. The van der Waals surface area contributed by atoms with E-state index in [0.29, 0.717) is 6.61 Å². The summed E-state index contributed by atoms with van der Waals surface area (Å²) in [6, 6.07) is 15.0. The van der Waals surface area contributed by atoms with Gasteiger partial charge in [0.05, 0.1) is 12.2 Å². The fraction of sp³-hybridized carbons (Fsp3) is 0.188. The van der Waals surface area contributed by atoms with Gasteiger partial charge in [0, 0.05) is 6.42 Å². The molecule has 19 heavy (non-hydrogen) atoms. The van der Waals surface area contributed by atoms with Crippen LogP contribution in [0.1, 0.15) is 21.5 Å². The number of ether oxygens (including phenoxy) is 1. The predicted molar refractivity (Wildman–Crippen MR) is 73.8 cm³/mol. The summed E-state index contributed by atoms with van der Waals surface area (Å²) in [6.45, 7) is 2.43. The van der Waals surface area contributed by atoms with E-state index in [-0.39, 0.29) is 5.56 Å². The fourth-order valence-electron chi connectivity index (χ4n) is 1.87. The van der Waals surface area contributed by atoms with E-state index < -0.39 is 5.97 Å². The molecule has 3 heteroatoms. The number of carboxylic acids is 1. The number of hydrogen-bond donors (Lipinski definition) is 1. The molecule has 0 fully saturated rings. The maximum Gasteiger partial charge on any atom is 0.335 e. The van der Waals surface area contributed by atoms with Crippen molar-refractivity contribution < 1.29 is 14.6 Å². The first-order valence-corrected chi connectivity index (χ1v) is 6.17. The molecule has 3 nitrogen and oxygen atoms in total. The van der Waals surface area contributed by atoms with Gasteiger partial charge in [0.25, 0.3) is 0 Å². The third-order valence-corrected chi connectivity index (χ3v) is 2.91. The van der Waals surface area contributed by atoms with Crippen LogP contribution in [0.15, 0.2) is 48.5 Å². The Morgan fingerprint density at radius 1 is 1.16 bits per heavy atom. The van der Waals surface area contributed by atoms with Gasteiger partial charge in [-0.3, -0.25) is 0 Å². The van der Waals surface area contributed by atoms with Crippen molar-refractivity contribution in [1.82, 2.24) is 0 Å². The van der Waals surface area contributed by atoms with E-state index in [1.807, 2.05) is 25.1 Å². The maximum absolute atomic E-state index is 10.8.